The number of para-hydroxylation sites is 1. The van der Waals surface area contributed by atoms with Gasteiger partial charge in [-0.15, -0.1) is 0 Å². The molecular weight excluding hydrogens is 340 g/mol. The molecule has 0 radical (unpaired) electrons. The standard InChI is InChI=1S/C18H20N2O6/c1-11-7-19(8-12(2)26-11)15(21)10-25-16(22)9-20-14-6-4-3-5-13(14)17(23)18(20)24/h3-6,11-12H,7-10H2,1-2H3/t11-,12-/m1/s1. The molecule has 0 bridgehead atoms. The molecule has 8 nitrogen and oxygen atoms in total. The third kappa shape index (κ3) is 3.60. The fraction of sp³-hybridized carbons (Fsp3) is 0.444. The van der Waals surface area contributed by atoms with Crippen LogP contribution < -0.4 is 4.90 Å². The summed E-state index contributed by atoms with van der Waals surface area (Å²) in [5.41, 5.74) is 0.638. The van der Waals surface area contributed by atoms with Gasteiger partial charge in [0.25, 0.3) is 17.6 Å². The minimum Gasteiger partial charge on any atom is -0.454 e. The molecule has 0 N–H and O–H groups in total. The van der Waals surface area contributed by atoms with Crippen molar-refractivity contribution in [2.45, 2.75) is 26.1 Å². The van der Waals surface area contributed by atoms with Crippen molar-refractivity contribution < 1.29 is 28.7 Å². The minimum absolute atomic E-state index is 0.0804. The van der Waals surface area contributed by atoms with Gasteiger partial charge in [-0.1, -0.05) is 12.1 Å². The molecule has 0 saturated carbocycles. The van der Waals surface area contributed by atoms with E-state index in [0.29, 0.717) is 18.8 Å². The monoisotopic (exact) mass is 360 g/mol. The molecule has 2 aliphatic heterocycles. The molecule has 8 heteroatoms. The predicted molar refractivity (Wildman–Crippen MR) is 90.7 cm³/mol. The summed E-state index contributed by atoms with van der Waals surface area (Å²) in [4.78, 5) is 50.9. The average Bonchev–Trinajstić information content (AvgIpc) is 2.84. The summed E-state index contributed by atoms with van der Waals surface area (Å²) in [6.07, 6.45) is -0.161. The Morgan fingerprint density at radius 1 is 1.15 bits per heavy atom. The molecule has 1 aromatic rings. The number of hydrogen-bond donors (Lipinski definition) is 0. The van der Waals surface area contributed by atoms with E-state index < -0.39 is 30.8 Å². The van der Waals surface area contributed by atoms with E-state index in [2.05, 4.69) is 0 Å². The summed E-state index contributed by atoms with van der Waals surface area (Å²) < 4.78 is 10.6. The molecule has 1 saturated heterocycles. The Balaban J connectivity index is 1.56. The Bertz CT molecular complexity index is 752. The molecular formula is C18H20N2O6. The first-order valence-electron chi connectivity index (χ1n) is 8.41. The highest BCUT2D eigenvalue weighted by Gasteiger charge is 2.37. The van der Waals surface area contributed by atoms with Gasteiger partial charge in [0.2, 0.25) is 0 Å². The maximum Gasteiger partial charge on any atom is 0.326 e. The van der Waals surface area contributed by atoms with Crippen molar-refractivity contribution in [2.75, 3.05) is 31.1 Å². The molecule has 26 heavy (non-hydrogen) atoms. The smallest absolute Gasteiger partial charge is 0.326 e. The summed E-state index contributed by atoms with van der Waals surface area (Å²) in [5, 5.41) is 0. The fourth-order valence-corrected chi connectivity index (χ4v) is 3.19. The van der Waals surface area contributed by atoms with Crippen LogP contribution in [0.2, 0.25) is 0 Å². The number of Topliss-reactive ketones (excluding diaryl/α,β-unsaturated/α-hetero) is 1. The molecule has 2 amide bonds. The van der Waals surface area contributed by atoms with Crippen LogP contribution in [-0.2, 0) is 23.9 Å². The van der Waals surface area contributed by atoms with E-state index in [9.17, 15) is 19.2 Å². The van der Waals surface area contributed by atoms with Crippen molar-refractivity contribution in [2.24, 2.45) is 0 Å². The number of fused-ring (bicyclic) bond motifs is 1. The van der Waals surface area contributed by atoms with Crippen LogP contribution in [0.1, 0.15) is 24.2 Å². The van der Waals surface area contributed by atoms with Gasteiger partial charge in [0.05, 0.1) is 23.5 Å². The van der Waals surface area contributed by atoms with Crippen molar-refractivity contribution in [3.63, 3.8) is 0 Å². The molecule has 1 aromatic carbocycles. The Kier molecular flexibility index (Phi) is 5.03. The van der Waals surface area contributed by atoms with E-state index in [1.54, 1.807) is 23.1 Å². The van der Waals surface area contributed by atoms with Gasteiger partial charge in [-0.2, -0.15) is 0 Å². The van der Waals surface area contributed by atoms with Gasteiger partial charge >= 0.3 is 5.97 Å². The minimum atomic E-state index is -0.773. The zero-order chi connectivity index (χ0) is 18.8. The predicted octanol–water partition coefficient (Wildman–Crippen LogP) is 0.395. The number of benzene rings is 1. The Morgan fingerprint density at radius 2 is 1.81 bits per heavy atom. The largest absolute Gasteiger partial charge is 0.454 e. The van der Waals surface area contributed by atoms with Crippen molar-refractivity contribution in [1.82, 2.24) is 4.90 Å². The van der Waals surface area contributed by atoms with Gasteiger partial charge < -0.3 is 14.4 Å². The van der Waals surface area contributed by atoms with Crippen molar-refractivity contribution in [3.05, 3.63) is 29.8 Å². The third-order valence-electron chi connectivity index (χ3n) is 4.30. The number of ketones is 1. The maximum atomic E-state index is 12.2. The van der Waals surface area contributed by atoms with Gasteiger partial charge in [-0.25, -0.2) is 0 Å². The first kappa shape index (κ1) is 18.1. The van der Waals surface area contributed by atoms with Crippen LogP contribution >= 0.6 is 0 Å². The number of nitrogens with zero attached hydrogens (tertiary/aromatic N) is 2. The molecule has 0 spiro atoms. The number of hydrogen-bond acceptors (Lipinski definition) is 6. The van der Waals surface area contributed by atoms with Crippen molar-refractivity contribution in [1.29, 1.82) is 0 Å². The Hall–Kier alpha value is -2.74. The molecule has 1 fully saturated rings. The summed E-state index contributed by atoms with van der Waals surface area (Å²) in [6.45, 7) is 3.80. The molecule has 0 aromatic heterocycles. The van der Waals surface area contributed by atoms with E-state index in [1.165, 1.54) is 6.07 Å². The average molecular weight is 360 g/mol. The van der Waals surface area contributed by atoms with E-state index >= 15 is 0 Å². The lowest BCUT2D eigenvalue weighted by Crippen LogP contribution is -2.49. The molecule has 2 atom stereocenters. The molecule has 3 rings (SSSR count). The molecule has 2 aliphatic rings. The lowest BCUT2D eigenvalue weighted by molar-refractivity contribution is -0.156. The number of carbonyl (C=O) groups is 4. The van der Waals surface area contributed by atoms with Crippen LogP contribution in [-0.4, -0.2) is 66.9 Å². The second-order valence-corrected chi connectivity index (χ2v) is 6.45. The zero-order valence-corrected chi connectivity index (χ0v) is 14.6. The van der Waals surface area contributed by atoms with Crippen LogP contribution in [0.25, 0.3) is 0 Å². The number of amides is 2. The quantitative estimate of drug-likeness (QED) is 0.570. The van der Waals surface area contributed by atoms with E-state index in [4.69, 9.17) is 9.47 Å². The normalized spacial score (nSPS) is 22.4. The van der Waals surface area contributed by atoms with Gasteiger partial charge in [-0.3, -0.25) is 24.1 Å². The van der Waals surface area contributed by atoms with Gasteiger partial charge in [0.1, 0.15) is 6.54 Å². The van der Waals surface area contributed by atoms with E-state index in [1.807, 2.05) is 13.8 Å². The fourth-order valence-electron chi connectivity index (χ4n) is 3.19. The molecule has 0 aliphatic carbocycles. The zero-order valence-electron chi connectivity index (χ0n) is 14.6. The van der Waals surface area contributed by atoms with E-state index in [0.717, 1.165) is 4.90 Å². The summed E-state index contributed by atoms with van der Waals surface area (Å²) in [7, 11) is 0. The van der Waals surface area contributed by atoms with Crippen LogP contribution in [0.3, 0.4) is 0 Å². The number of morpholine rings is 1. The summed E-state index contributed by atoms with van der Waals surface area (Å²) in [5.74, 6) is -2.48. The first-order chi connectivity index (χ1) is 12.4. The first-order valence-corrected chi connectivity index (χ1v) is 8.41. The second-order valence-electron chi connectivity index (χ2n) is 6.45. The molecule has 0 unspecified atom stereocenters. The van der Waals surface area contributed by atoms with Crippen LogP contribution in [0, 0.1) is 0 Å². The Labute approximate surface area is 150 Å². The van der Waals surface area contributed by atoms with Gasteiger partial charge in [-0.05, 0) is 26.0 Å². The number of anilines is 1. The lowest BCUT2D eigenvalue weighted by Gasteiger charge is -2.35. The topological polar surface area (TPSA) is 93.2 Å². The van der Waals surface area contributed by atoms with Gasteiger partial charge in [0, 0.05) is 13.1 Å². The van der Waals surface area contributed by atoms with Crippen LogP contribution in [0.4, 0.5) is 5.69 Å². The number of rotatable bonds is 4. The maximum absolute atomic E-state index is 12.2. The van der Waals surface area contributed by atoms with E-state index in [-0.39, 0.29) is 23.7 Å². The highest BCUT2D eigenvalue weighted by Crippen LogP contribution is 2.28. The highest BCUT2D eigenvalue weighted by molar-refractivity contribution is 6.52. The molecule has 2 heterocycles. The van der Waals surface area contributed by atoms with Crippen molar-refractivity contribution >= 4 is 29.3 Å². The molecule has 138 valence electrons. The summed E-state index contributed by atoms with van der Waals surface area (Å²) >= 11 is 0. The highest BCUT2D eigenvalue weighted by atomic mass is 16.5. The van der Waals surface area contributed by atoms with Crippen LogP contribution in [0.5, 0.6) is 0 Å². The summed E-state index contributed by atoms with van der Waals surface area (Å²) in [6, 6.07) is 6.44. The van der Waals surface area contributed by atoms with Crippen LogP contribution in [0.15, 0.2) is 24.3 Å². The second kappa shape index (κ2) is 7.25. The Morgan fingerprint density at radius 3 is 2.50 bits per heavy atom. The van der Waals surface area contributed by atoms with Gasteiger partial charge in [0.15, 0.2) is 6.61 Å². The van der Waals surface area contributed by atoms with Crippen molar-refractivity contribution in [3.8, 4) is 0 Å². The lowest BCUT2D eigenvalue weighted by atomic mass is 10.1. The number of esters is 1. The number of ether oxygens (including phenoxy) is 2. The SMILES string of the molecule is C[C@@H]1CN(C(=O)COC(=O)CN2C(=O)C(=O)c3ccccc32)C[C@@H](C)O1. The third-order valence-corrected chi connectivity index (χ3v) is 4.30. The number of carbonyl (C=O) groups excluding carboxylic acids is 4.